The van der Waals surface area contributed by atoms with Crippen LogP contribution in [0.1, 0.15) is 20.8 Å². The van der Waals surface area contributed by atoms with Crippen molar-refractivity contribution in [3.05, 3.63) is 0 Å². The summed E-state index contributed by atoms with van der Waals surface area (Å²) in [5.41, 5.74) is 4.45. The lowest BCUT2D eigenvalue weighted by Crippen LogP contribution is -2.40. The van der Waals surface area contributed by atoms with Gasteiger partial charge in [0.15, 0.2) is 5.60 Å². The van der Waals surface area contributed by atoms with E-state index in [1.165, 1.54) is 6.92 Å². The first-order valence-electron chi connectivity index (χ1n) is 2.86. The highest BCUT2D eigenvalue weighted by Crippen LogP contribution is 2.08. The number of hydrogen-bond donors (Lipinski definition) is 1. The molecular weight excluding hydrogens is 150 g/mol. The summed E-state index contributed by atoms with van der Waals surface area (Å²) < 4.78 is 4.79. The fourth-order valence-electron chi connectivity index (χ4n) is 0.410. The second kappa shape index (κ2) is 2.96. The van der Waals surface area contributed by atoms with E-state index in [-0.39, 0.29) is 11.0 Å². The van der Waals surface area contributed by atoms with Crippen molar-refractivity contribution < 1.29 is 9.53 Å². The number of rotatable bonds is 2. The molecule has 10 heavy (non-hydrogen) atoms. The van der Waals surface area contributed by atoms with Crippen molar-refractivity contribution in [2.75, 3.05) is 0 Å². The third kappa shape index (κ3) is 2.77. The summed E-state index contributed by atoms with van der Waals surface area (Å²) in [6.45, 7) is 4.62. The molecule has 3 nitrogen and oxygen atoms in total. The van der Waals surface area contributed by atoms with Gasteiger partial charge in [0, 0.05) is 6.92 Å². The maximum absolute atomic E-state index is 10.4. The van der Waals surface area contributed by atoms with Gasteiger partial charge < -0.3 is 10.5 Å². The highest BCUT2D eigenvalue weighted by molar-refractivity contribution is 7.80. The van der Waals surface area contributed by atoms with Gasteiger partial charge >= 0.3 is 5.97 Å². The molecule has 0 rings (SSSR count). The van der Waals surface area contributed by atoms with Gasteiger partial charge in [-0.05, 0) is 13.8 Å². The Hall–Kier alpha value is -0.640. The van der Waals surface area contributed by atoms with Crippen LogP contribution in [0.4, 0.5) is 0 Å². The molecule has 4 heteroatoms. The molecule has 0 saturated carbocycles. The molecule has 0 aromatic rings. The zero-order valence-electron chi connectivity index (χ0n) is 6.30. The van der Waals surface area contributed by atoms with Gasteiger partial charge in [-0.3, -0.25) is 4.79 Å². The van der Waals surface area contributed by atoms with Crippen molar-refractivity contribution in [2.24, 2.45) is 5.73 Å². The van der Waals surface area contributed by atoms with Gasteiger partial charge in [0.25, 0.3) is 0 Å². The Morgan fingerprint density at radius 3 is 2.10 bits per heavy atom. The Morgan fingerprint density at radius 2 is 2.00 bits per heavy atom. The summed E-state index contributed by atoms with van der Waals surface area (Å²) in [6, 6.07) is 0. The van der Waals surface area contributed by atoms with Crippen LogP contribution in [-0.4, -0.2) is 16.6 Å². The van der Waals surface area contributed by atoms with E-state index in [1.54, 1.807) is 13.8 Å². The molecule has 0 heterocycles. The van der Waals surface area contributed by atoms with Crippen molar-refractivity contribution in [1.82, 2.24) is 0 Å². The van der Waals surface area contributed by atoms with E-state index in [4.69, 9.17) is 10.5 Å². The number of ether oxygens (including phenoxy) is 1. The summed E-state index contributed by atoms with van der Waals surface area (Å²) in [6.07, 6.45) is 0. The zero-order chi connectivity index (χ0) is 8.36. The highest BCUT2D eigenvalue weighted by atomic mass is 32.1. The van der Waals surface area contributed by atoms with Crippen LogP contribution in [0.15, 0.2) is 0 Å². The van der Waals surface area contributed by atoms with Crippen LogP contribution in [0, 0.1) is 0 Å². The Balaban J connectivity index is 4.13. The smallest absolute Gasteiger partial charge is 0.303 e. The van der Waals surface area contributed by atoms with Gasteiger partial charge in [0.2, 0.25) is 0 Å². The van der Waals surface area contributed by atoms with Crippen molar-refractivity contribution in [2.45, 2.75) is 26.4 Å². The fraction of sp³-hybridized carbons (Fsp3) is 0.667. The first kappa shape index (κ1) is 9.36. The molecule has 0 aromatic heterocycles. The first-order chi connectivity index (χ1) is 4.36. The van der Waals surface area contributed by atoms with Crippen LogP contribution in [0.25, 0.3) is 0 Å². The third-order valence-electron chi connectivity index (χ3n) is 0.992. The minimum Gasteiger partial charge on any atom is -0.452 e. The van der Waals surface area contributed by atoms with Crippen molar-refractivity contribution in [3.63, 3.8) is 0 Å². The summed E-state index contributed by atoms with van der Waals surface area (Å²) in [7, 11) is 0. The minimum atomic E-state index is -0.818. The van der Waals surface area contributed by atoms with E-state index >= 15 is 0 Å². The topological polar surface area (TPSA) is 52.3 Å². The van der Waals surface area contributed by atoms with E-state index in [0.29, 0.717) is 0 Å². The summed E-state index contributed by atoms with van der Waals surface area (Å²) in [5.74, 6) is -0.377. The molecule has 2 N–H and O–H groups in total. The largest absolute Gasteiger partial charge is 0.452 e. The molecular formula is C6H11NO2S. The maximum Gasteiger partial charge on any atom is 0.303 e. The van der Waals surface area contributed by atoms with E-state index in [9.17, 15) is 4.79 Å². The van der Waals surface area contributed by atoms with E-state index < -0.39 is 5.60 Å². The lowest BCUT2D eigenvalue weighted by molar-refractivity contribution is -0.148. The zero-order valence-corrected chi connectivity index (χ0v) is 7.12. The maximum atomic E-state index is 10.4. The summed E-state index contributed by atoms with van der Waals surface area (Å²) in [4.78, 5) is 10.6. The number of nitrogens with two attached hydrogens (primary N) is 1. The van der Waals surface area contributed by atoms with E-state index in [0.717, 1.165) is 0 Å². The Bertz CT molecular complexity index is 165. The minimum absolute atomic E-state index is 0.183. The van der Waals surface area contributed by atoms with Gasteiger partial charge in [-0.2, -0.15) is 0 Å². The summed E-state index contributed by atoms with van der Waals surface area (Å²) in [5, 5.41) is 0. The summed E-state index contributed by atoms with van der Waals surface area (Å²) >= 11 is 4.65. The van der Waals surface area contributed by atoms with Crippen LogP contribution >= 0.6 is 12.2 Å². The third-order valence-corrected chi connectivity index (χ3v) is 1.48. The van der Waals surface area contributed by atoms with Crippen LogP contribution in [0.5, 0.6) is 0 Å². The highest BCUT2D eigenvalue weighted by Gasteiger charge is 2.24. The van der Waals surface area contributed by atoms with Crippen LogP contribution < -0.4 is 5.73 Å². The molecule has 58 valence electrons. The SMILES string of the molecule is CC(=O)OC(C)(C)C(N)=S. The molecule has 0 aliphatic carbocycles. The van der Waals surface area contributed by atoms with Crippen molar-refractivity contribution >= 4 is 23.2 Å². The molecule has 0 radical (unpaired) electrons. The van der Waals surface area contributed by atoms with Crippen LogP contribution in [-0.2, 0) is 9.53 Å². The molecule has 0 amide bonds. The Morgan fingerprint density at radius 1 is 1.60 bits per heavy atom. The second-order valence-corrected chi connectivity index (χ2v) is 2.91. The van der Waals surface area contributed by atoms with E-state index in [1.807, 2.05) is 0 Å². The average molecular weight is 161 g/mol. The fourth-order valence-corrected chi connectivity index (χ4v) is 0.451. The number of carbonyl (C=O) groups excluding carboxylic acids is 1. The Kier molecular flexibility index (Phi) is 2.77. The predicted molar refractivity (Wildman–Crippen MR) is 42.6 cm³/mol. The van der Waals surface area contributed by atoms with Crippen molar-refractivity contribution in [1.29, 1.82) is 0 Å². The van der Waals surface area contributed by atoms with Gasteiger partial charge in [-0.1, -0.05) is 12.2 Å². The molecule has 0 aliphatic rings. The van der Waals surface area contributed by atoms with Gasteiger partial charge in [0.05, 0.1) is 0 Å². The second-order valence-electron chi connectivity index (χ2n) is 2.47. The normalized spacial score (nSPS) is 10.7. The average Bonchev–Trinajstić information content (AvgIpc) is 1.60. The quantitative estimate of drug-likeness (QED) is 0.476. The van der Waals surface area contributed by atoms with Gasteiger partial charge in [0.1, 0.15) is 4.99 Å². The molecule has 0 saturated heterocycles. The van der Waals surface area contributed by atoms with Crippen LogP contribution in [0.2, 0.25) is 0 Å². The first-order valence-corrected chi connectivity index (χ1v) is 3.26. The molecule has 0 fully saturated rings. The molecule has 0 unspecified atom stereocenters. The lowest BCUT2D eigenvalue weighted by Gasteiger charge is -2.22. The predicted octanol–water partition coefficient (Wildman–Crippen LogP) is 0.614. The van der Waals surface area contributed by atoms with E-state index in [2.05, 4.69) is 12.2 Å². The molecule has 0 aromatic carbocycles. The Labute approximate surface area is 65.5 Å². The number of thiocarbonyl (C=S) groups is 1. The van der Waals surface area contributed by atoms with Crippen LogP contribution in [0.3, 0.4) is 0 Å². The van der Waals surface area contributed by atoms with Crippen molar-refractivity contribution in [3.8, 4) is 0 Å². The monoisotopic (exact) mass is 161 g/mol. The number of hydrogen-bond acceptors (Lipinski definition) is 3. The van der Waals surface area contributed by atoms with Gasteiger partial charge in [-0.15, -0.1) is 0 Å². The lowest BCUT2D eigenvalue weighted by atomic mass is 10.1. The number of carbonyl (C=O) groups is 1. The molecule has 0 bridgehead atoms. The number of esters is 1. The standard InChI is InChI=1S/C6H11NO2S/c1-4(8)9-6(2,3)5(7)10/h1-3H3,(H2,7,10). The molecule has 0 spiro atoms. The molecule has 0 aliphatic heterocycles. The molecule has 0 atom stereocenters. The van der Waals surface area contributed by atoms with Gasteiger partial charge in [-0.25, -0.2) is 0 Å².